The molecule has 1 N–H and O–H groups in total. The van der Waals surface area contributed by atoms with Gasteiger partial charge in [0, 0.05) is 26.0 Å². The lowest BCUT2D eigenvalue weighted by atomic mass is 10.2. The normalized spacial score (nSPS) is 11.6. The van der Waals surface area contributed by atoms with Crippen LogP contribution in [0.5, 0.6) is 0 Å². The third-order valence-electron chi connectivity index (χ3n) is 2.67. The van der Waals surface area contributed by atoms with Gasteiger partial charge in [0.1, 0.15) is 0 Å². The van der Waals surface area contributed by atoms with Crippen molar-refractivity contribution in [3.05, 3.63) is 52.8 Å². The van der Waals surface area contributed by atoms with E-state index in [0.29, 0.717) is 12.2 Å². The SMILES string of the molecule is Cn1ccc(CNc2ccc(C(F)(F)F)cc2Cl)c1. The first-order valence-electron chi connectivity index (χ1n) is 5.58. The van der Waals surface area contributed by atoms with Gasteiger partial charge in [-0.25, -0.2) is 0 Å². The topological polar surface area (TPSA) is 17.0 Å². The predicted molar refractivity (Wildman–Crippen MR) is 69.2 cm³/mol. The fourth-order valence-corrected chi connectivity index (χ4v) is 1.94. The maximum absolute atomic E-state index is 12.5. The fourth-order valence-electron chi connectivity index (χ4n) is 1.70. The minimum absolute atomic E-state index is 0.0609. The van der Waals surface area contributed by atoms with Crippen molar-refractivity contribution in [2.24, 2.45) is 7.05 Å². The molecular formula is C13H12ClF3N2. The van der Waals surface area contributed by atoms with E-state index in [2.05, 4.69) is 5.32 Å². The zero-order valence-corrected chi connectivity index (χ0v) is 10.9. The monoisotopic (exact) mass is 288 g/mol. The van der Waals surface area contributed by atoms with E-state index in [1.165, 1.54) is 6.07 Å². The smallest absolute Gasteiger partial charge is 0.380 e. The van der Waals surface area contributed by atoms with Gasteiger partial charge in [0.2, 0.25) is 0 Å². The van der Waals surface area contributed by atoms with Gasteiger partial charge in [0.05, 0.1) is 16.3 Å². The molecule has 0 bridgehead atoms. The molecular weight excluding hydrogens is 277 g/mol. The fraction of sp³-hybridized carbons (Fsp3) is 0.231. The summed E-state index contributed by atoms with van der Waals surface area (Å²) in [6, 6.07) is 5.20. The van der Waals surface area contributed by atoms with Crippen LogP contribution in [0, 0.1) is 0 Å². The summed E-state index contributed by atoms with van der Waals surface area (Å²) in [6.45, 7) is 0.506. The van der Waals surface area contributed by atoms with Gasteiger partial charge in [0.25, 0.3) is 0 Å². The summed E-state index contributed by atoms with van der Waals surface area (Å²) in [5, 5.41) is 3.07. The molecule has 6 heteroatoms. The largest absolute Gasteiger partial charge is 0.416 e. The van der Waals surface area contributed by atoms with E-state index >= 15 is 0 Å². The molecule has 1 heterocycles. The summed E-state index contributed by atoms with van der Waals surface area (Å²) in [7, 11) is 1.90. The predicted octanol–water partition coefficient (Wildman–Crippen LogP) is 4.31. The van der Waals surface area contributed by atoms with Crippen molar-refractivity contribution in [1.29, 1.82) is 0 Å². The molecule has 0 amide bonds. The van der Waals surface area contributed by atoms with Gasteiger partial charge in [0.15, 0.2) is 0 Å². The van der Waals surface area contributed by atoms with Crippen LogP contribution in [0.15, 0.2) is 36.7 Å². The van der Waals surface area contributed by atoms with Crippen molar-refractivity contribution in [3.8, 4) is 0 Å². The standard InChI is InChI=1S/C13H12ClF3N2/c1-19-5-4-9(8-19)7-18-12-3-2-10(6-11(12)14)13(15,16)17/h2-6,8,18H,7H2,1H3. The number of nitrogens with zero attached hydrogens (tertiary/aromatic N) is 1. The van der Waals surface area contributed by atoms with Gasteiger partial charge in [-0.1, -0.05) is 11.6 Å². The highest BCUT2D eigenvalue weighted by molar-refractivity contribution is 6.33. The van der Waals surface area contributed by atoms with E-state index in [9.17, 15) is 13.2 Å². The zero-order chi connectivity index (χ0) is 14.0. The minimum Gasteiger partial charge on any atom is -0.380 e. The molecule has 0 spiro atoms. The number of anilines is 1. The van der Waals surface area contributed by atoms with Gasteiger partial charge < -0.3 is 9.88 Å². The summed E-state index contributed by atoms with van der Waals surface area (Å²) in [4.78, 5) is 0. The molecule has 1 aromatic heterocycles. The number of hydrogen-bond donors (Lipinski definition) is 1. The number of nitrogens with one attached hydrogen (secondary N) is 1. The van der Waals surface area contributed by atoms with Crippen molar-refractivity contribution in [3.63, 3.8) is 0 Å². The van der Waals surface area contributed by atoms with Gasteiger partial charge >= 0.3 is 6.18 Å². The second-order valence-corrected chi connectivity index (χ2v) is 4.64. The highest BCUT2D eigenvalue weighted by atomic mass is 35.5. The van der Waals surface area contributed by atoms with Crippen molar-refractivity contribution < 1.29 is 13.2 Å². The Balaban J connectivity index is 2.09. The van der Waals surface area contributed by atoms with Crippen molar-refractivity contribution in [1.82, 2.24) is 4.57 Å². The third kappa shape index (κ3) is 3.44. The molecule has 0 atom stereocenters. The highest BCUT2D eigenvalue weighted by Gasteiger charge is 2.30. The number of aromatic nitrogens is 1. The second-order valence-electron chi connectivity index (χ2n) is 4.23. The summed E-state index contributed by atoms with van der Waals surface area (Å²) >= 11 is 5.84. The molecule has 102 valence electrons. The first-order chi connectivity index (χ1) is 8.86. The van der Waals surface area contributed by atoms with E-state index in [1.54, 1.807) is 0 Å². The summed E-state index contributed by atoms with van der Waals surface area (Å²) in [5.74, 6) is 0. The number of aryl methyl sites for hydroxylation is 1. The maximum atomic E-state index is 12.5. The van der Waals surface area contributed by atoms with Crippen LogP contribution in [0.2, 0.25) is 5.02 Å². The lowest BCUT2D eigenvalue weighted by Crippen LogP contribution is -2.06. The van der Waals surface area contributed by atoms with Crippen molar-refractivity contribution >= 4 is 17.3 Å². The Hall–Kier alpha value is -1.62. The molecule has 2 nitrogen and oxygen atoms in total. The molecule has 0 fully saturated rings. The molecule has 2 rings (SSSR count). The van der Waals surface area contributed by atoms with E-state index in [1.807, 2.05) is 30.1 Å². The molecule has 0 saturated heterocycles. The number of benzene rings is 1. The molecule has 0 aliphatic carbocycles. The van der Waals surface area contributed by atoms with E-state index < -0.39 is 11.7 Å². The van der Waals surface area contributed by atoms with Gasteiger partial charge in [-0.05, 0) is 29.8 Å². The Labute approximate surface area is 113 Å². The number of alkyl halides is 3. The Kier molecular flexibility index (Phi) is 3.75. The molecule has 0 aliphatic rings. The molecule has 0 radical (unpaired) electrons. The zero-order valence-electron chi connectivity index (χ0n) is 10.1. The van der Waals surface area contributed by atoms with E-state index in [0.717, 1.165) is 17.7 Å². The quantitative estimate of drug-likeness (QED) is 0.890. The minimum atomic E-state index is -4.37. The highest BCUT2D eigenvalue weighted by Crippen LogP contribution is 2.33. The van der Waals surface area contributed by atoms with Crippen LogP contribution in [0.1, 0.15) is 11.1 Å². The molecule has 0 saturated carbocycles. The molecule has 2 aromatic rings. The lowest BCUT2D eigenvalue weighted by Gasteiger charge is -2.11. The number of halogens is 4. The van der Waals surface area contributed by atoms with Crippen LogP contribution in [-0.2, 0) is 19.8 Å². The lowest BCUT2D eigenvalue weighted by molar-refractivity contribution is -0.137. The molecule has 0 unspecified atom stereocenters. The van der Waals surface area contributed by atoms with Crippen molar-refractivity contribution in [2.45, 2.75) is 12.7 Å². The Morgan fingerprint density at radius 3 is 2.53 bits per heavy atom. The Bertz CT molecular complexity index is 576. The van der Waals surface area contributed by atoms with Crippen LogP contribution in [0.4, 0.5) is 18.9 Å². The molecule has 19 heavy (non-hydrogen) atoms. The van der Waals surface area contributed by atoms with Gasteiger partial charge in [-0.2, -0.15) is 13.2 Å². The van der Waals surface area contributed by atoms with Crippen molar-refractivity contribution in [2.75, 3.05) is 5.32 Å². The summed E-state index contributed by atoms with van der Waals surface area (Å²) < 4.78 is 39.3. The average molecular weight is 289 g/mol. The maximum Gasteiger partial charge on any atom is 0.416 e. The number of rotatable bonds is 3. The first kappa shape index (κ1) is 13.8. The average Bonchev–Trinajstić information content (AvgIpc) is 2.72. The van der Waals surface area contributed by atoms with Gasteiger partial charge in [-0.15, -0.1) is 0 Å². The van der Waals surface area contributed by atoms with Crippen LogP contribution >= 0.6 is 11.6 Å². The first-order valence-corrected chi connectivity index (χ1v) is 5.95. The summed E-state index contributed by atoms with van der Waals surface area (Å²) in [5.41, 5.74) is 0.764. The third-order valence-corrected chi connectivity index (χ3v) is 2.99. The van der Waals surface area contributed by atoms with Crippen LogP contribution < -0.4 is 5.32 Å². The van der Waals surface area contributed by atoms with Crippen LogP contribution in [0.3, 0.4) is 0 Å². The second kappa shape index (κ2) is 5.17. The molecule has 0 aliphatic heterocycles. The van der Waals surface area contributed by atoms with Crippen LogP contribution in [-0.4, -0.2) is 4.57 Å². The summed E-state index contributed by atoms with van der Waals surface area (Å²) in [6.07, 6.45) is -0.558. The van der Waals surface area contributed by atoms with Crippen LogP contribution in [0.25, 0.3) is 0 Å². The van der Waals surface area contributed by atoms with E-state index in [4.69, 9.17) is 11.6 Å². The Morgan fingerprint density at radius 1 is 1.26 bits per heavy atom. The van der Waals surface area contributed by atoms with E-state index in [-0.39, 0.29) is 5.02 Å². The van der Waals surface area contributed by atoms with Gasteiger partial charge in [-0.3, -0.25) is 0 Å². The number of hydrogen-bond acceptors (Lipinski definition) is 1. The molecule has 1 aromatic carbocycles. The Morgan fingerprint density at radius 2 is 2.00 bits per heavy atom.